The van der Waals surface area contributed by atoms with Crippen LogP contribution in [0.25, 0.3) is 5.57 Å². The fourth-order valence-corrected chi connectivity index (χ4v) is 4.60. The predicted molar refractivity (Wildman–Crippen MR) is 133 cm³/mol. The van der Waals surface area contributed by atoms with Crippen LogP contribution in [0, 0.1) is 6.92 Å². The number of fused-ring (bicyclic) bond motifs is 1. The molecular weight excluding hydrogens is 414 g/mol. The van der Waals surface area contributed by atoms with Crippen LogP contribution in [0.3, 0.4) is 0 Å². The third kappa shape index (κ3) is 5.95. The number of carbonyl (C=O) groups is 1. The highest BCUT2D eigenvalue weighted by molar-refractivity contribution is 5.85. The Kier molecular flexibility index (Phi) is 7.68. The number of carbonyl (C=O) groups excluding carboxylic acids is 1. The van der Waals surface area contributed by atoms with E-state index in [2.05, 4.69) is 59.4 Å². The van der Waals surface area contributed by atoms with E-state index in [1.165, 1.54) is 16.8 Å². The van der Waals surface area contributed by atoms with Crippen LogP contribution in [0.4, 0.5) is 5.69 Å². The van der Waals surface area contributed by atoms with Crippen molar-refractivity contribution in [1.29, 1.82) is 0 Å². The average molecular weight is 450 g/mol. The first kappa shape index (κ1) is 23.3. The Bertz CT molecular complexity index is 996. The van der Waals surface area contributed by atoms with E-state index in [-0.39, 0.29) is 0 Å². The van der Waals surface area contributed by atoms with Gasteiger partial charge in [0.25, 0.3) is 0 Å². The second kappa shape index (κ2) is 10.9. The monoisotopic (exact) mass is 449 g/mol. The number of hydrogen-bond acceptors (Lipinski definition) is 6. The Labute approximate surface area is 197 Å². The van der Waals surface area contributed by atoms with Crippen LogP contribution >= 0.6 is 0 Å². The molecule has 33 heavy (non-hydrogen) atoms. The van der Waals surface area contributed by atoms with Gasteiger partial charge in [-0.05, 0) is 67.7 Å². The lowest BCUT2D eigenvalue weighted by atomic mass is 10.0. The number of anilines is 1. The number of nitrogens with one attached hydrogen (secondary N) is 1. The molecule has 1 fully saturated rings. The first-order valence-corrected chi connectivity index (χ1v) is 11.8. The van der Waals surface area contributed by atoms with Crippen LogP contribution in [-0.4, -0.2) is 57.2 Å². The standard InChI is InChI=1S/C27H35N3O3/c1-20-4-6-24(21(2)10-13-31)25(16-20)29(3)19-30-11-8-23(9-12-30)28-18-22-5-7-26-27(17-22)33-15-14-32-26/h4-7,10,13,16-17,23,28H,8-9,11-12,14-15,18-19H2,1-3H3/b21-10-. The van der Waals surface area contributed by atoms with E-state index < -0.39 is 0 Å². The number of piperidine rings is 1. The predicted octanol–water partition coefficient (Wildman–Crippen LogP) is 4.02. The van der Waals surface area contributed by atoms with Crippen molar-refractivity contribution in [3.05, 3.63) is 59.2 Å². The van der Waals surface area contributed by atoms with Gasteiger partial charge in [0.05, 0.1) is 6.67 Å². The van der Waals surface area contributed by atoms with Gasteiger partial charge in [-0.3, -0.25) is 9.69 Å². The van der Waals surface area contributed by atoms with E-state index in [0.717, 1.165) is 68.1 Å². The summed E-state index contributed by atoms with van der Waals surface area (Å²) in [5, 5.41) is 3.72. The second-order valence-electron chi connectivity index (χ2n) is 9.10. The summed E-state index contributed by atoms with van der Waals surface area (Å²) < 4.78 is 11.3. The van der Waals surface area contributed by atoms with Gasteiger partial charge in [0.2, 0.25) is 0 Å². The molecule has 0 bridgehead atoms. The highest BCUT2D eigenvalue weighted by atomic mass is 16.6. The van der Waals surface area contributed by atoms with Crippen LogP contribution in [0.1, 0.15) is 36.5 Å². The van der Waals surface area contributed by atoms with Gasteiger partial charge in [0, 0.05) is 44.0 Å². The van der Waals surface area contributed by atoms with Crippen molar-refractivity contribution >= 4 is 17.5 Å². The summed E-state index contributed by atoms with van der Waals surface area (Å²) in [6.07, 6.45) is 4.76. The Morgan fingerprint density at radius 3 is 2.64 bits per heavy atom. The molecule has 0 aliphatic carbocycles. The maximum Gasteiger partial charge on any atom is 0.161 e. The van der Waals surface area contributed by atoms with Gasteiger partial charge < -0.3 is 19.7 Å². The molecule has 0 radical (unpaired) electrons. The molecule has 0 atom stereocenters. The number of aryl methyl sites for hydroxylation is 1. The van der Waals surface area contributed by atoms with Crippen molar-refractivity contribution in [2.24, 2.45) is 0 Å². The number of benzene rings is 2. The Morgan fingerprint density at radius 2 is 1.88 bits per heavy atom. The van der Waals surface area contributed by atoms with Crippen LogP contribution in [-0.2, 0) is 11.3 Å². The Hall–Kier alpha value is -2.83. The number of ether oxygens (including phenoxy) is 2. The van der Waals surface area contributed by atoms with Gasteiger partial charge in [-0.25, -0.2) is 0 Å². The van der Waals surface area contributed by atoms with E-state index in [0.29, 0.717) is 19.3 Å². The van der Waals surface area contributed by atoms with Crippen molar-refractivity contribution in [2.75, 3.05) is 44.9 Å². The number of nitrogens with zero attached hydrogens (tertiary/aromatic N) is 2. The smallest absolute Gasteiger partial charge is 0.161 e. The molecule has 4 rings (SSSR count). The fourth-order valence-electron chi connectivity index (χ4n) is 4.60. The summed E-state index contributed by atoms with van der Waals surface area (Å²) in [7, 11) is 2.14. The van der Waals surface area contributed by atoms with E-state index in [1.54, 1.807) is 6.08 Å². The van der Waals surface area contributed by atoms with E-state index >= 15 is 0 Å². The van der Waals surface area contributed by atoms with Crippen molar-refractivity contribution in [1.82, 2.24) is 10.2 Å². The average Bonchev–Trinajstić information content (AvgIpc) is 2.83. The summed E-state index contributed by atoms with van der Waals surface area (Å²) in [4.78, 5) is 15.8. The highest BCUT2D eigenvalue weighted by Gasteiger charge is 2.21. The van der Waals surface area contributed by atoms with Gasteiger partial charge in [-0.1, -0.05) is 18.2 Å². The van der Waals surface area contributed by atoms with Crippen molar-refractivity contribution in [3.63, 3.8) is 0 Å². The minimum absolute atomic E-state index is 0.520. The largest absolute Gasteiger partial charge is 0.486 e. The van der Waals surface area contributed by atoms with Gasteiger partial charge in [-0.2, -0.15) is 0 Å². The molecule has 2 heterocycles. The Morgan fingerprint density at radius 1 is 1.12 bits per heavy atom. The number of hydrogen-bond donors (Lipinski definition) is 1. The molecule has 6 heteroatoms. The molecule has 2 aliphatic heterocycles. The lowest BCUT2D eigenvalue weighted by Gasteiger charge is -2.36. The van der Waals surface area contributed by atoms with Crippen molar-refractivity contribution in [2.45, 2.75) is 39.3 Å². The zero-order chi connectivity index (χ0) is 23.2. The molecule has 0 unspecified atom stereocenters. The second-order valence-corrected chi connectivity index (χ2v) is 9.10. The Balaban J connectivity index is 1.29. The molecule has 0 saturated carbocycles. The molecule has 0 spiro atoms. The summed E-state index contributed by atoms with van der Waals surface area (Å²) in [6, 6.07) is 13.2. The minimum Gasteiger partial charge on any atom is -0.486 e. The molecule has 2 aliphatic rings. The minimum atomic E-state index is 0.520. The molecule has 176 valence electrons. The van der Waals surface area contributed by atoms with Crippen LogP contribution < -0.4 is 19.7 Å². The van der Waals surface area contributed by atoms with Gasteiger partial charge >= 0.3 is 0 Å². The number of rotatable bonds is 8. The molecule has 0 aromatic heterocycles. The van der Waals surface area contributed by atoms with E-state index in [1.807, 2.05) is 13.0 Å². The van der Waals surface area contributed by atoms with Crippen LogP contribution in [0.15, 0.2) is 42.5 Å². The highest BCUT2D eigenvalue weighted by Crippen LogP contribution is 2.31. The normalized spacial score (nSPS) is 17.1. The molecule has 0 amide bonds. The molecule has 1 saturated heterocycles. The zero-order valence-electron chi connectivity index (χ0n) is 20.0. The summed E-state index contributed by atoms with van der Waals surface area (Å²) in [5.74, 6) is 1.70. The molecular formula is C27H35N3O3. The number of aldehydes is 1. The third-order valence-corrected chi connectivity index (χ3v) is 6.51. The maximum atomic E-state index is 11.0. The summed E-state index contributed by atoms with van der Waals surface area (Å²) >= 11 is 0. The zero-order valence-corrected chi connectivity index (χ0v) is 20.0. The maximum absolute atomic E-state index is 11.0. The molecule has 6 nitrogen and oxygen atoms in total. The van der Waals surface area contributed by atoms with Crippen molar-refractivity contribution < 1.29 is 14.3 Å². The fraction of sp³-hybridized carbons (Fsp3) is 0.444. The summed E-state index contributed by atoms with van der Waals surface area (Å²) in [5.41, 5.74) is 5.73. The first-order valence-electron chi connectivity index (χ1n) is 11.8. The lowest BCUT2D eigenvalue weighted by molar-refractivity contribution is -0.104. The third-order valence-electron chi connectivity index (χ3n) is 6.51. The first-order chi connectivity index (χ1) is 16.0. The van der Waals surface area contributed by atoms with Crippen LogP contribution in [0.5, 0.6) is 11.5 Å². The summed E-state index contributed by atoms with van der Waals surface area (Å²) in [6.45, 7) is 9.19. The SMILES string of the molecule is C/C(=C/C=O)c1ccc(C)cc1N(C)CN1CCC(NCc2ccc3c(c2)OCCO3)CC1. The van der Waals surface area contributed by atoms with Crippen LogP contribution in [0.2, 0.25) is 0 Å². The lowest BCUT2D eigenvalue weighted by Crippen LogP contribution is -2.46. The molecule has 2 aromatic rings. The van der Waals surface area contributed by atoms with E-state index in [9.17, 15) is 4.79 Å². The van der Waals surface area contributed by atoms with E-state index in [4.69, 9.17) is 9.47 Å². The molecule has 1 N–H and O–H groups in total. The topological polar surface area (TPSA) is 54.0 Å². The van der Waals surface area contributed by atoms with Gasteiger partial charge in [0.15, 0.2) is 11.5 Å². The van der Waals surface area contributed by atoms with Gasteiger partial charge in [0.1, 0.15) is 19.5 Å². The quantitative estimate of drug-likeness (QED) is 0.485. The van der Waals surface area contributed by atoms with Gasteiger partial charge in [-0.15, -0.1) is 0 Å². The number of allylic oxidation sites excluding steroid dienone is 2. The van der Waals surface area contributed by atoms with Crippen molar-refractivity contribution in [3.8, 4) is 11.5 Å². The number of likely N-dealkylation sites (tertiary alicyclic amines) is 1. The molecule has 2 aromatic carbocycles.